The lowest BCUT2D eigenvalue weighted by atomic mass is 10.2. The standard InChI is InChI=1S/C25H26ClN5O2/c1-2-4-24(32)29-19-5-3-6-21(17-19)33-25-22(26)11-12-23(30-25)28-18-7-9-20(10-8-18)31-15-13-27-14-16-31/h2-12,17,27H,13-16H2,1H3,(H,28,30)(H,29,32)/b4-2+. The number of halogens is 1. The zero-order valence-electron chi connectivity index (χ0n) is 18.3. The summed E-state index contributed by atoms with van der Waals surface area (Å²) in [5.41, 5.74) is 2.74. The predicted octanol–water partition coefficient (Wildman–Crippen LogP) is 5.20. The van der Waals surface area contributed by atoms with Crippen molar-refractivity contribution in [1.82, 2.24) is 10.3 Å². The van der Waals surface area contributed by atoms with Gasteiger partial charge in [-0.15, -0.1) is 0 Å². The first-order valence-corrected chi connectivity index (χ1v) is 11.2. The van der Waals surface area contributed by atoms with Gasteiger partial charge >= 0.3 is 0 Å². The maximum Gasteiger partial charge on any atom is 0.248 e. The van der Waals surface area contributed by atoms with E-state index in [-0.39, 0.29) is 11.8 Å². The van der Waals surface area contributed by atoms with Crippen molar-refractivity contribution >= 4 is 40.4 Å². The molecule has 0 saturated carbocycles. The van der Waals surface area contributed by atoms with Gasteiger partial charge in [0.1, 0.15) is 16.6 Å². The molecule has 0 unspecified atom stereocenters. The fourth-order valence-electron chi connectivity index (χ4n) is 3.48. The zero-order valence-corrected chi connectivity index (χ0v) is 19.1. The number of hydrogen-bond donors (Lipinski definition) is 3. The second kappa shape index (κ2) is 10.8. The van der Waals surface area contributed by atoms with Crippen molar-refractivity contribution in [2.45, 2.75) is 6.92 Å². The van der Waals surface area contributed by atoms with Gasteiger partial charge in [-0.2, -0.15) is 4.98 Å². The number of allylic oxidation sites excluding steroid dienone is 1. The second-order valence-electron chi connectivity index (χ2n) is 7.51. The van der Waals surface area contributed by atoms with Crippen LogP contribution in [0.3, 0.4) is 0 Å². The SMILES string of the molecule is C/C=C/C(=O)Nc1cccc(Oc2nc(Nc3ccc(N4CCNCC4)cc3)ccc2Cl)c1. The monoisotopic (exact) mass is 463 g/mol. The van der Waals surface area contributed by atoms with Crippen molar-refractivity contribution in [3.63, 3.8) is 0 Å². The summed E-state index contributed by atoms with van der Waals surface area (Å²) in [4.78, 5) is 18.7. The van der Waals surface area contributed by atoms with Gasteiger partial charge in [0.15, 0.2) is 0 Å². The number of nitrogens with one attached hydrogen (secondary N) is 3. The molecule has 1 aliphatic rings. The molecule has 3 N–H and O–H groups in total. The van der Waals surface area contributed by atoms with Crippen LogP contribution in [0.1, 0.15) is 6.92 Å². The summed E-state index contributed by atoms with van der Waals surface area (Å²) >= 11 is 6.32. The second-order valence-corrected chi connectivity index (χ2v) is 7.92. The van der Waals surface area contributed by atoms with Gasteiger partial charge in [-0.25, -0.2) is 0 Å². The van der Waals surface area contributed by atoms with E-state index >= 15 is 0 Å². The third-order valence-electron chi connectivity index (χ3n) is 5.07. The molecule has 1 fully saturated rings. The normalized spacial score (nSPS) is 13.7. The van der Waals surface area contributed by atoms with Gasteiger partial charge < -0.3 is 25.6 Å². The molecular weight excluding hydrogens is 438 g/mol. The van der Waals surface area contributed by atoms with Crippen LogP contribution in [0.15, 0.2) is 72.8 Å². The number of hydrogen-bond acceptors (Lipinski definition) is 6. The van der Waals surface area contributed by atoms with Crippen molar-refractivity contribution in [2.24, 2.45) is 0 Å². The maximum absolute atomic E-state index is 11.8. The van der Waals surface area contributed by atoms with Gasteiger partial charge in [-0.3, -0.25) is 4.79 Å². The highest BCUT2D eigenvalue weighted by atomic mass is 35.5. The van der Waals surface area contributed by atoms with Crippen LogP contribution in [0, 0.1) is 0 Å². The lowest BCUT2D eigenvalue weighted by Crippen LogP contribution is -2.43. The number of ether oxygens (including phenoxy) is 1. The summed E-state index contributed by atoms with van der Waals surface area (Å²) < 4.78 is 5.90. The minimum absolute atomic E-state index is 0.208. The first kappa shape index (κ1) is 22.6. The van der Waals surface area contributed by atoms with E-state index in [1.807, 2.05) is 12.1 Å². The van der Waals surface area contributed by atoms with E-state index in [1.54, 1.807) is 49.4 Å². The van der Waals surface area contributed by atoms with Gasteiger partial charge in [0.25, 0.3) is 0 Å². The molecule has 1 amide bonds. The molecule has 4 rings (SSSR count). The summed E-state index contributed by atoms with van der Waals surface area (Å²) in [6.07, 6.45) is 3.13. The molecule has 0 bridgehead atoms. The molecule has 3 aromatic rings. The molecule has 0 spiro atoms. The van der Waals surface area contributed by atoms with Crippen LogP contribution >= 0.6 is 11.6 Å². The Labute approximate surface area is 198 Å². The molecule has 1 aliphatic heterocycles. The number of amides is 1. The van der Waals surface area contributed by atoms with Gasteiger partial charge in [0, 0.05) is 49.3 Å². The Morgan fingerprint density at radius 2 is 1.88 bits per heavy atom. The molecule has 1 saturated heterocycles. The Hall–Kier alpha value is -3.55. The number of carbonyl (C=O) groups is 1. The maximum atomic E-state index is 11.8. The number of aromatic nitrogens is 1. The zero-order chi connectivity index (χ0) is 23.0. The third kappa shape index (κ3) is 6.25. The Morgan fingerprint density at radius 1 is 1.09 bits per heavy atom. The Morgan fingerprint density at radius 3 is 2.64 bits per heavy atom. The van der Waals surface area contributed by atoms with Crippen LogP contribution in [0.25, 0.3) is 0 Å². The van der Waals surface area contributed by atoms with Crippen LogP contribution in [0.4, 0.5) is 22.9 Å². The molecule has 0 radical (unpaired) electrons. The van der Waals surface area contributed by atoms with Gasteiger partial charge in [0.2, 0.25) is 11.8 Å². The van der Waals surface area contributed by atoms with Gasteiger partial charge in [0.05, 0.1) is 0 Å². The van der Waals surface area contributed by atoms with Crippen LogP contribution in [-0.2, 0) is 4.79 Å². The summed E-state index contributed by atoms with van der Waals surface area (Å²) in [7, 11) is 0. The summed E-state index contributed by atoms with van der Waals surface area (Å²) in [6, 6.07) is 18.9. The molecule has 0 aliphatic carbocycles. The molecule has 33 heavy (non-hydrogen) atoms. The van der Waals surface area contributed by atoms with Crippen molar-refractivity contribution < 1.29 is 9.53 Å². The predicted molar refractivity (Wildman–Crippen MR) is 134 cm³/mol. The molecule has 2 heterocycles. The van der Waals surface area contributed by atoms with E-state index in [9.17, 15) is 4.79 Å². The molecular formula is C25H26ClN5O2. The lowest BCUT2D eigenvalue weighted by Gasteiger charge is -2.29. The van der Waals surface area contributed by atoms with Crippen molar-refractivity contribution in [1.29, 1.82) is 0 Å². The largest absolute Gasteiger partial charge is 0.437 e. The number of rotatable bonds is 7. The van der Waals surface area contributed by atoms with E-state index in [1.165, 1.54) is 11.8 Å². The summed E-state index contributed by atoms with van der Waals surface area (Å²) in [6.45, 7) is 5.80. The van der Waals surface area contributed by atoms with Crippen LogP contribution in [0.5, 0.6) is 11.6 Å². The van der Waals surface area contributed by atoms with Crippen LogP contribution in [0.2, 0.25) is 5.02 Å². The van der Waals surface area contributed by atoms with Gasteiger partial charge in [-0.05, 0) is 61.5 Å². The number of nitrogens with zero attached hydrogens (tertiary/aromatic N) is 2. The number of piperazine rings is 1. The smallest absolute Gasteiger partial charge is 0.248 e. The first-order chi connectivity index (χ1) is 16.1. The molecule has 0 atom stereocenters. The van der Waals surface area contributed by atoms with Crippen LogP contribution < -0.4 is 25.6 Å². The van der Waals surface area contributed by atoms with Crippen molar-refractivity contribution in [3.8, 4) is 11.6 Å². The van der Waals surface area contributed by atoms with Crippen LogP contribution in [-0.4, -0.2) is 37.1 Å². The molecule has 7 nitrogen and oxygen atoms in total. The highest BCUT2D eigenvalue weighted by molar-refractivity contribution is 6.31. The average molecular weight is 464 g/mol. The number of pyridine rings is 1. The number of anilines is 4. The van der Waals surface area contributed by atoms with E-state index < -0.39 is 0 Å². The molecule has 2 aromatic carbocycles. The minimum atomic E-state index is -0.208. The fraction of sp³-hybridized carbons (Fsp3) is 0.200. The average Bonchev–Trinajstić information content (AvgIpc) is 2.83. The van der Waals surface area contributed by atoms with E-state index in [2.05, 4.69) is 38.0 Å². The topological polar surface area (TPSA) is 78.5 Å². The third-order valence-corrected chi connectivity index (χ3v) is 5.36. The Balaban J connectivity index is 1.44. The molecule has 8 heteroatoms. The Bertz CT molecular complexity index is 1130. The minimum Gasteiger partial charge on any atom is -0.437 e. The molecule has 170 valence electrons. The van der Waals surface area contributed by atoms with Gasteiger partial charge in [-0.1, -0.05) is 23.7 Å². The Kier molecular flexibility index (Phi) is 7.44. The van der Waals surface area contributed by atoms with Crippen molar-refractivity contribution in [2.75, 3.05) is 41.7 Å². The lowest BCUT2D eigenvalue weighted by molar-refractivity contribution is -0.111. The van der Waals surface area contributed by atoms with E-state index in [0.29, 0.717) is 22.3 Å². The van der Waals surface area contributed by atoms with E-state index in [4.69, 9.17) is 16.3 Å². The number of benzene rings is 2. The van der Waals surface area contributed by atoms with Crippen molar-refractivity contribution in [3.05, 3.63) is 77.8 Å². The summed E-state index contributed by atoms with van der Waals surface area (Å²) in [5, 5.41) is 9.82. The number of carbonyl (C=O) groups excluding carboxylic acids is 1. The molecule has 1 aromatic heterocycles. The quantitative estimate of drug-likeness (QED) is 0.418. The summed E-state index contributed by atoms with van der Waals surface area (Å²) in [5.74, 6) is 1.19. The van der Waals surface area contributed by atoms with E-state index in [0.717, 1.165) is 31.9 Å². The fourth-order valence-corrected chi connectivity index (χ4v) is 3.62. The highest BCUT2D eigenvalue weighted by Gasteiger charge is 2.11. The first-order valence-electron chi connectivity index (χ1n) is 10.8. The highest BCUT2D eigenvalue weighted by Crippen LogP contribution is 2.31.